The number of ketones is 2. The highest BCUT2D eigenvalue weighted by Crippen LogP contribution is 2.26. The van der Waals surface area contributed by atoms with Crippen LogP contribution in [0.5, 0.6) is 0 Å². The highest BCUT2D eigenvalue weighted by molar-refractivity contribution is 6.45. The molecule has 0 atom stereocenters. The van der Waals surface area contributed by atoms with Gasteiger partial charge in [-0.15, -0.1) is 0 Å². The molecule has 55 heavy (non-hydrogen) atoms. The molecule has 2 aromatic heterocycles. The molecule has 12 heteroatoms. The van der Waals surface area contributed by atoms with Crippen molar-refractivity contribution in [3.05, 3.63) is 72.1 Å². The van der Waals surface area contributed by atoms with Crippen LogP contribution in [0.1, 0.15) is 80.3 Å². The first-order chi connectivity index (χ1) is 26.4. The molecule has 12 nitrogen and oxygen atoms in total. The summed E-state index contributed by atoms with van der Waals surface area (Å²) in [5, 5.41) is 7.29. The Labute approximate surface area is 326 Å². The van der Waals surface area contributed by atoms with Gasteiger partial charge < -0.3 is 34.5 Å². The zero-order valence-electron chi connectivity index (χ0n) is 34.0. The number of nitrogens with one attached hydrogen (secondary N) is 2. The molecule has 0 unspecified atom stereocenters. The number of nitrogens with zero attached hydrogens (tertiary/aromatic N) is 6. The summed E-state index contributed by atoms with van der Waals surface area (Å²) in [7, 11) is 4.25. The zero-order chi connectivity index (χ0) is 39.6. The van der Waals surface area contributed by atoms with E-state index in [1.165, 1.54) is 0 Å². The van der Waals surface area contributed by atoms with Crippen LogP contribution in [-0.2, 0) is 9.59 Å². The molecule has 0 radical (unpaired) electrons. The standard InChI is InChI=1S/C22H32N4O2.C21H30N4O2/c1-16(2)26-15-19(18-7-5-6-8-20(18)26)21(27)22(28)23-11-14-25-12-9-17(10-13-25)24(3)4;1-4-23-11-13-24(14-12-23)10-9-22-21(27)20(26)18-15-25(16(2)3)19-8-6-5-7-17(18)19/h5-8,15-17H,9-14H2,1-4H3,(H,23,28);5-8,15-16H,4,9-14H2,1-3H3,(H,22,27). The molecule has 2 aliphatic heterocycles. The van der Waals surface area contributed by atoms with Crippen molar-refractivity contribution >= 4 is 45.2 Å². The predicted molar refractivity (Wildman–Crippen MR) is 221 cm³/mol. The van der Waals surface area contributed by atoms with Crippen LogP contribution in [0.15, 0.2) is 60.9 Å². The molecular weight excluding hydrogens is 693 g/mol. The van der Waals surface area contributed by atoms with E-state index in [1.54, 1.807) is 6.20 Å². The molecule has 0 aliphatic carbocycles. The van der Waals surface area contributed by atoms with Gasteiger partial charge in [-0.3, -0.25) is 24.1 Å². The number of Topliss-reactive ketones (excluding diaryl/α,β-unsaturated/α-hetero) is 2. The van der Waals surface area contributed by atoms with Gasteiger partial charge in [-0.05, 0) is 86.4 Å². The van der Waals surface area contributed by atoms with Crippen LogP contribution in [0.3, 0.4) is 0 Å². The van der Waals surface area contributed by atoms with Gasteiger partial charge in [0.25, 0.3) is 23.4 Å². The summed E-state index contributed by atoms with van der Waals surface area (Å²) in [6.45, 7) is 20.3. The van der Waals surface area contributed by atoms with Crippen LogP contribution in [-0.4, -0.2) is 144 Å². The van der Waals surface area contributed by atoms with Gasteiger partial charge in [0.1, 0.15) is 0 Å². The Morgan fingerprint density at radius 1 is 0.636 bits per heavy atom. The van der Waals surface area contributed by atoms with E-state index in [9.17, 15) is 19.2 Å². The van der Waals surface area contributed by atoms with Gasteiger partial charge in [-0.25, -0.2) is 0 Å². The topological polar surface area (TPSA) is 115 Å². The maximum atomic E-state index is 12.8. The van der Waals surface area contributed by atoms with Crippen LogP contribution in [0.2, 0.25) is 0 Å². The fourth-order valence-corrected chi connectivity index (χ4v) is 7.67. The molecule has 0 bridgehead atoms. The van der Waals surface area contributed by atoms with E-state index in [2.05, 4.69) is 78.9 Å². The Hall–Kier alpha value is -4.36. The summed E-state index contributed by atoms with van der Waals surface area (Å²) in [6, 6.07) is 16.6. The van der Waals surface area contributed by atoms with Crippen LogP contribution in [0, 0.1) is 0 Å². The van der Waals surface area contributed by atoms with Crippen molar-refractivity contribution in [1.82, 2.24) is 39.4 Å². The van der Waals surface area contributed by atoms with E-state index in [4.69, 9.17) is 0 Å². The predicted octanol–water partition coefficient (Wildman–Crippen LogP) is 4.71. The number of hydrogen-bond donors (Lipinski definition) is 2. The number of amides is 2. The van der Waals surface area contributed by atoms with Crippen molar-refractivity contribution in [2.45, 2.75) is 65.6 Å². The van der Waals surface area contributed by atoms with Gasteiger partial charge in [0.2, 0.25) is 0 Å². The van der Waals surface area contributed by atoms with Crippen molar-refractivity contribution < 1.29 is 19.2 Å². The lowest BCUT2D eigenvalue weighted by Crippen LogP contribution is -2.48. The normalized spacial score (nSPS) is 16.2. The molecule has 2 fully saturated rings. The van der Waals surface area contributed by atoms with E-state index in [1.807, 2.05) is 63.9 Å². The second-order valence-corrected chi connectivity index (χ2v) is 15.6. The van der Waals surface area contributed by atoms with Gasteiger partial charge in [0.05, 0.1) is 11.1 Å². The minimum Gasteiger partial charge on any atom is -0.348 e. The van der Waals surface area contributed by atoms with E-state index >= 15 is 0 Å². The summed E-state index contributed by atoms with van der Waals surface area (Å²) in [6.07, 6.45) is 5.91. The molecule has 298 valence electrons. The van der Waals surface area contributed by atoms with Crippen LogP contribution in [0.25, 0.3) is 21.8 Å². The van der Waals surface area contributed by atoms with Gasteiger partial charge in [0, 0.05) is 105 Å². The molecule has 6 rings (SSSR count). The molecular formula is C43H62N8O4. The molecule has 2 aliphatic rings. The molecule has 2 N–H and O–H groups in total. The minimum absolute atomic E-state index is 0.222. The number of likely N-dealkylation sites (N-methyl/N-ethyl adjacent to an activating group) is 1. The molecule has 0 spiro atoms. The summed E-state index contributed by atoms with van der Waals surface area (Å²) in [5.41, 5.74) is 2.93. The number of benzene rings is 2. The Morgan fingerprint density at radius 3 is 1.44 bits per heavy atom. The second kappa shape index (κ2) is 19.5. The number of piperazine rings is 1. The third kappa shape index (κ3) is 10.5. The first-order valence-electron chi connectivity index (χ1n) is 20.1. The zero-order valence-corrected chi connectivity index (χ0v) is 34.0. The lowest BCUT2D eigenvalue weighted by atomic mass is 10.0. The Bertz CT molecular complexity index is 1910. The number of likely N-dealkylation sites (tertiary alicyclic amines) is 1. The summed E-state index contributed by atoms with van der Waals surface area (Å²) in [4.78, 5) is 59.7. The number of carbonyl (C=O) groups is 4. The number of carbonyl (C=O) groups excluding carboxylic acids is 4. The van der Waals surface area contributed by atoms with E-state index in [-0.39, 0.29) is 12.1 Å². The number of piperidine rings is 1. The van der Waals surface area contributed by atoms with Gasteiger partial charge in [-0.1, -0.05) is 43.3 Å². The first-order valence-corrected chi connectivity index (χ1v) is 20.1. The molecule has 4 heterocycles. The van der Waals surface area contributed by atoms with E-state index < -0.39 is 23.4 Å². The minimum atomic E-state index is -0.520. The van der Waals surface area contributed by atoms with Crippen LogP contribution in [0.4, 0.5) is 0 Å². The van der Waals surface area contributed by atoms with E-state index in [0.717, 1.165) is 93.6 Å². The first kappa shape index (κ1) is 41.8. The smallest absolute Gasteiger partial charge is 0.292 e. The molecule has 2 amide bonds. The highest BCUT2D eigenvalue weighted by atomic mass is 16.2. The maximum absolute atomic E-state index is 12.8. The Kier molecular flexibility index (Phi) is 14.8. The molecule has 2 saturated heterocycles. The second-order valence-electron chi connectivity index (χ2n) is 15.6. The third-order valence-electron chi connectivity index (χ3n) is 11.1. The van der Waals surface area contributed by atoms with Crippen molar-refractivity contribution in [3.63, 3.8) is 0 Å². The van der Waals surface area contributed by atoms with Gasteiger partial charge in [0.15, 0.2) is 0 Å². The summed E-state index contributed by atoms with van der Waals surface area (Å²) in [5.74, 6) is -1.95. The number of para-hydroxylation sites is 2. The average molecular weight is 755 g/mol. The van der Waals surface area contributed by atoms with Crippen molar-refractivity contribution in [1.29, 1.82) is 0 Å². The largest absolute Gasteiger partial charge is 0.348 e. The summed E-state index contributed by atoms with van der Waals surface area (Å²) >= 11 is 0. The van der Waals surface area contributed by atoms with E-state index in [0.29, 0.717) is 30.3 Å². The van der Waals surface area contributed by atoms with Gasteiger partial charge in [-0.2, -0.15) is 0 Å². The molecule has 2 aromatic carbocycles. The lowest BCUT2D eigenvalue weighted by Gasteiger charge is -2.35. The lowest BCUT2D eigenvalue weighted by molar-refractivity contribution is -0.117. The quantitative estimate of drug-likeness (QED) is 0.141. The van der Waals surface area contributed by atoms with Crippen LogP contribution < -0.4 is 10.6 Å². The number of aromatic nitrogens is 2. The monoisotopic (exact) mass is 754 g/mol. The molecule has 0 saturated carbocycles. The molecule has 4 aromatic rings. The Morgan fingerprint density at radius 2 is 1.04 bits per heavy atom. The third-order valence-corrected chi connectivity index (χ3v) is 11.1. The Balaban J connectivity index is 0.000000211. The average Bonchev–Trinajstić information content (AvgIpc) is 3.78. The van der Waals surface area contributed by atoms with Crippen molar-refractivity contribution in [2.75, 3.05) is 86.1 Å². The maximum Gasteiger partial charge on any atom is 0.292 e. The highest BCUT2D eigenvalue weighted by Gasteiger charge is 2.25. The van der Waals surface area contributed by atoms with Crippen LogP contribution >= 0.6 is 0 Å². The van der Waals surface area contributed by atoms with Crippen molar-refractivity contribution in [3.8, 4) is 0 Å². The number of fused-ring (bicyclic) bond motifs is 2. The van der Waals surface area contributed by atoms with Crippen molar-refractivity contribution in [2.24, 2.45) is 0 Å². The number of hydrogen-bond acceptors (Lipinski definition) is 8. The fraction of sp³-hybridized carbons (Fsp3) is 0.535. The van der Waals surface area contributed by atoms with Gasteiger partial charge >= 0.3 is 0 Å². The fourth-order valence-electron chi connectivity index (χ4n) is 7.67. The summed E-state index contributed by atoms with van der Waals surface area (Å²) < 4.78 is 4.09. The SMILES string of the molecule is CC(C)n1cc(C(=O)C(=O)NCCN2CCC(N(C)C)CC2)c2ccccc21.CCN1CCN(CCNC(=O)C(=O)c2cn(C(C)C)c3ccccc23)CC1. The number of rotatable bonds is 14.